The van der Waals surface area contributed by atoms with Crippen molar-refractivity contribution in [3.63, 3.8) is 0 Å². The van der Waals surface area contributed by atoms with Gasteiger partial charge in [-0.2, -0.15) is 0 Å². The number of ether oxygens (including phenoxy) is 1. The monoisotopic (exact) mass is 266 g/mol. The second-order valence-electron chi connectivity index (χ2n) is 6.69. The van der Waals surface area contributed by atoms with Gasteiger partial charge in [0.25, 0.3) is 0 Å². The van der Waals surface area contributed by atoms with Crippen LogP contribution in [-0.2, 0) is 9.53 Å². The summed E-state index contributed by atoms with van der Waals surface area (Å²) in [6, 6.07) is 0.263. The summed E-state index contributed by atoms with van der Waals surface area (Å²) in [6.45, 7) is 5.42. The molecule has 0 aromatic heterocycles. The summed E-state index contributed by atoms with van der Waals surface area (Å²) in [5.74, 6) is 1.19. The zero-order valence-corrected chi connectivity index (χ0v) is 11.9. The molecule has 1 spiro atoms. The number of likely N-dealkylation sites (tertiary alicyclic amines) is 1. The molecule has 2 saturated heterocycles. The highest BCUT2D eigenvalue weighted by Crippen LogP contribution is 2.60. The number of carbonyl (C=O) groups is 1. The van der Waals surface area contributed by atoms with Crippen LogP contribution < -0.4 is 5.73 Å². The second-order valence-corrected chi connectivity index (χ2v) is 6.69. The summed E-state index contributed by atoms with van der Waals surface area (Å²) in [5, 5.41) is 0. The first kappa shape index (κ1) is 13.4. The predicted molar refractivity (Wildman–Crippen MR) is 73.5 cm³/mol. The average Bonchev–Trinajstić information content (AvgIpc) is 3.12. The summed E-state index contributed by atoms with van der Waals surface area (Å²) in [7, 11) is 0. The fourth-order valence-corrected chi connectivity index (χ4v) is 4.11. The van der Waals surface area contributed by atoms with Crippen molar-refractivity contribution in [3.05, 3.63) is 0 Å². The van der Waals surface area contributed by atoms with E-state index in [0.29, 0.717) is 18.4 Å². The lowest BCUT2D eigenvalue weighted by Crippen LogP contribution is -2.52. The summed E-state index contributed by atoms with van der Waals surface area (Å²) >= 11 is 0. The molecule has 2 N–H and O–H groups in total. The van der Waals surface area contributed by atoms with Crippen LogP contribution in [0.15, 0.2) is 0 Å². The number of amides is 1. The van der Waals surface area contributed by atoms with Gasteiger partial charge < -0.3 is 15.4 Å². The molecule has 3 unspecified atom stereocenters. The molecule has 4 nitrogen and oxygen atoms in total. The van der Waals surface area contributed by atoms with Crippen molar-refractivity contribution in [2.24, 2.45) is 23.0 Å². The number of piperidine rings is 1. The van der Waals surface area contributed by atoms with Gasteiger partial charge >= 0.3 is 0 Å². The first-order valence-corrected chi connectivity index (χ1v) is 7.76. The van der Waals surface area contributed by atoms with E-state index in [1.165, 1.54) is 6.42 Å². The van der Waals surface area contributed by atoms with Gasteiger partial charge in [0, 0.05) is 38.3 Å². The molecule has 1 aliphatic carbocycles. The molecule has 3 atom stereocenters. The third-order valence-corrected chi connectivity index (χ3v) is 5.62. The Hall–Kier alpha value is -0.610. The molecule has 4 heteroatoms. The topological polar surface area (TPSA) is 55.6 Å². The normalized spacial score (nSPS) is 37.4. The van der Waals surface area contributed by atoms with Gasteiger partial charge in [-0.05, 0) is 43.4 Å². The first-order valence-electron chi connectivity index (χ1n) is 7.76. The number of hydrogen-bond acceptors (Lipinski definition) is 3. The number of rotatable bonds is 2. The lowest BCUT2D eigenvalue weighted by atomic mass is 9.89. The van der Waals surface area contributed by atoms with E-state index in [0.717, 1.165) is 45.4 Å². The molecule has 0 bridgehead atoms. The Morgan fingerprint density at radius 3 is 2.84 bits per heavy atom. The van der Waals surface area contributed by atoms with Crippen molar-refractivity contribution in [2.45, 2.75) is 45.1 Å². The SMILES string of the molecule is CC1CCCN(C(=O)C2CC23CCOCC3)C1CN. The molecule has 3 rings (SSSR count). The maximum atomic E-state index is 12.8. The summed E-state index contributed by atoms with van der Waals surface area (Å²) in [6.07, 6.45) is 5.55. The lowest BCUT2D eigenvalue weighted by molar-refractivity contribution is -0.138. The third-order valence-electron chi connectivity index (χ3n) is 5.62. The minimum Gasteiger partial charge on any atom is -0.381 e. The molecule has 1 amide bonds. The van der Waals surface area contributed by atoms with Gasteiger partial charge in [-0.25, -0.2) is 0 Å². The molecule has 0 aromatic rings. The number of nitrogens with zero attached hydrogens (tertiary/aromatic N) is 1. The number of hydrogen-bond donors (Lipinski definition) is 1. The highest BCUT2D eigenvalue weighted by Gasteiger charge is 2.59. The lowest BCUT2D eigenvalue weighted by Gasteiger charge is -2.40. The van der Waals surface area contributed by atoms with Crippen LogP contribution in [0.3, 0.4) is 0 Å². The molecule has 2 heterocycles. The Balaban J connectivity index is 1.67. The van der Waals surface area contributed by atoms with Crippen molar-refractivity contribution in [2.75, 3.05) is 26.3 Å². The van der Waals surface area contributed by atoms with E-state index in [4.69, 9.17) is 10.5 Å². The molecule has 3 fully saturated rings. The average molecular weight is 266 g/mol. The molecule has 19 heavy (non-hydrogen) atoms. The fraction of sp³-hybridized carbons (Fsp3) is 0.933. The van der Waals surface area contributed by atoms with Crippen LogP contribution in [0.5, 0.6) is 0 Å². The highest BCUT2D eigenvalue weighted by atomic mass is 16.5. The van der Waals surface area contributed by atoms with E-state index in [2.05, 4.69) is 11.8 Å². The smallest absolute Gasteiger partial charge is 0.226 e. The predicted octanol–water partition coefficient (Wildman–Crippen LogP) is 1.39. The molecule has 0 aromatic carbocycles. The molecule has 108 valence electrons. The quantitative estimate of drug-likeness (QED) is 0.821. The maximum absolute atomic E-state index is 12.8. The Morgan fingerprint density at radius 1 is 1.42 bits per heavy atom. The number of carbonyl (C=O) groups excluding carboxylic acids is 1. The first-order chi connectivity index (χ1) is 9.18. The minimum atomic E-state index is 0.260. The van der Waals surface area contributed by atoms with Gasteiger partial charge in [0.15, 0.2) is 0 Å². The van der Waals surface area contributed by atoms with Crippen molar-refractivity contribution in [3.8, 4) is 0 Å². The van der Waals surface area contributed by atoms with Crippen LogP contribution in [0.2, 0.25) is 0 Å². The molecular weight excluding hydrogens is 240 g/mol. The second kappa shape index (κ2) is 5.06. The molecular formula is C15H26N2O2. The van der Waals surface area contributed by atoms with E-state index in [9.17, 15) is 4.79 Å². The van der Waals surface area contributed by atoms with Gasteiger partial charge in [-0.15, -0.1) is 0 Å². The Kier molecular flexibility index (Phi) is 3.56. The highest BCUT2D eigenvalue weighted by molar-refractivity contribution is 5.83. The summed E-state index contributed by atoms with van der Waals surface area (Å²) in [4.78, 5) is 14.9. The fourth-order valence-electron chi connectivity index (χ4n) is 4.11. The zero-order chi connectivity index (χ0) is 13.5. The number of nitrogens with two attached hydrogens (primary N) is 1. The van der Waals surface area contributed by atoms with Gasteiger partial charge in [0.1, 0.15) is 0 Å². The van der Waals surface area contributed by atoms with E-state index in [-0.39, 0.29) is 17.4 Å². The van der Waals surface area contributed by atoms with E-state index >= 15 is 0 Å². The Morgan fingerprint density at radius 2 is 2.16 bits per heavy atom. The zero-order valence-electron chi connectivity index (χ0n) is 11.9. The van der Waals surface area contributed by atoms with Crippen molar-refractivity contribution >= 4 is 5.91 Å². The summed E-state index contributed by atoms with van der Waals surface area (Å²) in [5.41, 5.74) is 6.19. The molecule has 0 radical (unpaired) electrons. The minimum absolute atomic E-state index is 0.260. The molecule has 3 aliphatic rings. The largest absolute Gasteiger partial charge is 0.381 e. The summed E-state index contributed by atoms with van der Waals surface area (Å²) < 4.78 is 5.43. The Labute approximate surface area is 115 Å². The van der Waals surface area contributed by atoms with Gasteiger partial charge in [-0.3, -0.25) is 4.79 Å². The third kappa shape index (κ3) is 2.29. The van der Waals surface area contributed by atoms with Crippen LogP contribution in [-0.4, -0.2) is 43.2 Å². The standard InChI is InChI=1S/C15H26N2O2/c1-11-3-2-6-17(13(11)10-16)14(18)12-9-15(12)4-7-19-8-5-15/h11-13H,2-10,16H2,1H3. The van der Waals surface area contributed by atoms with E-state index in [1.807, 2.05) is 0 Å². The molecule has 2 aliphatic heterocycles. The van der Waals surface area contributed by atoms with Crippen LogP contribution in [0.1, 0.15) is 39.0 Å². The van der Waals surface area contributed by atoms with Crippen LogP contribution in [0.25, 0.3) is 0 Å². The van der Waals surface area contributed by atoms with E-state index in [1.54, 1.807) is 0 Å². The van der Waals surface area contributed by atoms with Crippen LogP contribution >= 0.6 is 0 Å². The van der Waals surface area contributed by atoms with Gasteiger partial charge in [-0.1, -0.05) is 6.92 Å². The van der Waals surface area contributed by atoms with Crippen molar-refractivity contribution < 1.29 is 9.53 Å². The molecule has 1 saturated carbocycles. The van der Waals surface area contributed by atoms with Crippen molar-refractivity contribution in [1.29, 1.82) is 0 Å². The van der Waals surface area contributed by atoms with Gasteiger partial charge in [0.05, 0.1) is 0 Å². The maximum Gasteiger partial charge on any atom is 0.226 e. The van der Waals surface area contributed by atoms with Gasteiger partial charge in [0.2, 0.25) is 5.91 Å². The van der Waals surface area contributed by atoms with Crippen LogP contribution in [0, 0.1) is 17.3 Å². The van der Waals surface area contributed by atoms with Crippen molar-refractivity contribution in [1.82, 2.24) is 4.90 Å². The Bertz CT molecular complexity index is 352. The van der Waals surface area contributed by atoms with E-state index < -0.39 is 0 Å². The van der Waals surface area contributed by atoms with Crippen LogP contribution in [0.4, 0.5) is 0 Å².